The number of nitrogens with zero attached hydrogens (tertiary/aromatic N) is 2. The van der Waals surface area contributed by atoms with E-state index in [1.165, 1.54) is 56.3 Å². The molecule has 6 rings (SSSR count). The topological polar surface area (TPSA) is 44.3 Å². The number of nitrogens with one attached hydrogen (secondary N) is 1. The second-order valence-corrected chi connectivity index (χ2v) is 14.9. The maximum absolute atomic E-state index is 6.68. The molecule has 3 aliphatic rings. The van der Waals surface area contributed by atoms with Gasteiger partial charge in [-0.05, 0) is 80.9 Å². The van der Waals surface area contributed by atoms with E-state index in [1.54, 1.807) is 0 Å². The second kappa shape index (κ2) is 14.1. The second-order valence-electron chi connectivity index (χ2n) is 14.9. The first-order chi connectivity index (χ1) is 23.6. The minimum Gasteiger partial charge on any atom is -0.397 e. The first-order valence-corrected chi connectivity index (χ1v) is 18.3. The first kappa shape index (κ1) is 34.3. The Bertz CT molecular complexity index is 1890. The Balaban J connectivity index is 1.44. The van der Waals surface area contributed by atoms with E-state index in [0.29, 0.717) is 0 Å². The third-order valence-electron chi connectivity index (χ3n) is 10.7. The van der Waals surface area contributed by atoms with Crippen molar-refractivity contribution in [3.63, 3.8) is 0 Å². The molecule has 0 spiro atoms. The number of rotatable bonds is 10. The van der Waals surface area contributed by atoms with Crippen LogP contribution in [0.25, 0.3) is 5.70 Å². The van der Waals surface area contributed by atoms with Gasteiger partial charge in [0.25, 0.3) is 0 Å². The van der Waals surface area contributed by atoms with E-state index in [9.17, 15) is 0 Å². The summed E-state index contributed by atoms with van der Waals surface area (Å²) in [5, 5.41) is 3.74. The summed E-state index contributed by atoms with van der Waals surface area (Å²) in [6, 6.07) is 26.2. The van der Waals surface area contributed by atoms with Crippen LogP contribution in [-0.4, -0.2) is 23.4 Å². The van der Waals surface area contributed by atoms with Crippen LogP contribution in [0.3, 0.4) is 0 Å². The Labute approximate surface area is 295 Å². The quantitative estimate of drug-likeness (QED) is 0.215. The molecule has 0 unspecified atom stereocenters. The molecule has 3 aromatic carbocycles. The molecular weight excluding hydrogens is 597 g/mol. The average molecular weight is 652 g/mol. The molecule has 2 aliphatic heterocycles. The molecule has 1 aliphatic carbocycles. The number of aryl methyl sites for hydroxylation is 1. The number of nitrogens with two attached hydrogens (primary N) is 1. The highest BCUT2D eigenvalue weighted by Crippen LogP contribution is 2.48. The number of anilines is 1. The Morgan fingerprint density at radius 1 is 0.837 bits per heavy atom. The molecule has 3 aromatic rings. The smallest absolute Gasteiger partial charge is 0.209 e. The molecular formula is C45H55N4+. The Hall–Kier alpha value is -4.57. The lowest BCUT2D eigenvalue weighted by Gasteiger charge is -2.27. The summed E-state index contributed by atoms with van der Waals surface area (Å²) >= 11 is 0. The van der Waals surface area contributed by atoms with Crippen LogP contribution < -0.4 is 16.0 Å². The van der Waals surface area contributed by atoms with E-state index in [2.05, 4.69) is 160 Å². The van der Waals surface area contributed by atoms with Gasteiger partial charge in [0, 0.05) is 59.4 Å². The molecule has 0 atom stereocenters. The Morgan fingerprint density at radius 2 is 1.55 bits per heavy atom. The van der Waals surface area contributed by atoms with Gasteiger partial charge in [-0.25, -0.2) is 0 Å². The molecule has 4 nitrogen and oxygen atoms in total. The van der Waals surface area contributed by atoms with Crippen molar-refractivity contribution < 1.29 is 4.58 Å². The number of allylic oxidation sites excluding steroid dienone is 7. The Morgan fingerprint density at radius 3 is 2.29 bits per heavy atom. The molecule has 0 fully saturated rings. The zero-order chi connectivity index (χ0) is 34.8. The van der Waals surface area contributed by atoms with E-state index in [-0.39, 0.29) is 10.8 Å². The highest BCUT2D eigenvalue weighted by Gasteiger charge is 2.44. The fourth-order valence-corrected chi connectivity index (χ4v) is 7.99. The minimum absolute atomic E-state index is 0.0737. The van der Waals surface area contributed by atoms with Gasteiger partial charge in [-0.3, -0.25) is 0 Å². The summed E-state index contributed by atoms with van der Waals surface area (Å²) < 4.78 is 2.53. The van der Waals surface area contributed by atoms with Crippen LogP contribution in [0.2, 0.25) is 0 Å². The molecule has 0 saturated carbocycles. The standard InChI is InChI=1S/C45H54N4/c1-8-29-48-39-19-12-10-17-36(39)44(4,5)41(48)27-25-34-15-14-16-35(43(34)47-31-38(46)33-23-21-32(3)22-24-33)26-28-42-45(6,7)37-18-11-13-20-40(37)49(42)30-9-2/h10-13,17-28,31H,8-9,14-16,29-30,46H2,1-7H3/p+1/b34-25+,38-31-,41-27+. The molecule has 49 heavy (non-hydrogen) atoms. The molecule has 0 radical (unpaired) electrons. The predicted molar refractivity (Wildman–Crippen MR) is 209 cm³/mol. The maximum Gasteiger partial charge on any atom is 0.209 e. The summed E-state index contributed by atoms with van der Waals surface area (Å²) in [5.74, 6) is 0. The number of fused-ring (bicyclic) bond motifs is 2. The van der Waals surface area contributed by atoms with Crippen molar-refractivity contribution >= 4 is 22.8 Å². The lowest BCUT2D eigenvalue weighted by atomic mass is 9.81. The molecule has 3 N–H and O–H groups in total. The van der Waals surface area contributed by atoms with Gasteiger partial charge in [-0.1, -0.05) is 106 Å². The van der Waals surface area contributed by atoms with Crippen molar-refractivity contribution in [3.05, 3.63) is 148 Å². The highest BCUT2D eigenvalue weighted by atomic mass is 15.2. The zero-order valence-electron chi connectivity index (χ0n) is 30.7. The van der Waals surface area contributed by atoms with Crippen molar-refractivity contribution in [2.75, 3.05) is 18.0 Å². The molecule has 4 heteroatoms. The van der Waals surface area contributed by atoms with E-state index in [1.807, 2.05) is 6.20 Å². The molecule has 2 heterocycles. The first-order valence-electron chi connectivity index (χ1n) is 18.3. The van der Waals surface area contributed by atoms with Crippen LogP contribution in [0.15, 0.2) is 126 Å². The molecule has 0 bridgehead atoms. The zero-order valence-corrected chi connectivity index (χ0v) is 30.7. The van der Waals surface area contributed by atoms with Crippen molar-refractivity contribution in [2.45, 2.75) is 91.4 Å². The summed E-state index contributed by atoms with van der Waals surface area (Å²) in [4.78, 5) is 2.53. The van der Waals surface area contributed by atoms with Crippen LogP contribution in [0, 0.1) is 6.92 Å². The van der Waals surface area contributed by atoms with Crippen LogP contribution in [-0.2, 0) is 10.8 Å². The number of para-hydroxylation sites is 2. The normalized spacial score (nSPS) is 20.1. The third-order valence-corrected chi connectivity index (χ3v) is 10.7. The van der Waals surface area contributed by atoms with Crippen molar-refractivity contribution in [1.82, 2.24) is 5.32 Å². The van der Waals surface area contributed by atoms with Gasteiger partial charge in [0.15, 0.2) is 5.71 Å². The third kappa shape index (κ3) is 6.58. The number of hydrogen-bond acceptors (Lipinski definition) is 3. The van der Waals surface area contributed by atoms with Crippen LogP contribution in [0.4, 0.5) is 11.4 Å². The van der Waals surface area contributed by atoms with Crippen molar-refractivity contribution in [1.29, 1.82) is 0 Å². The van der Waals surface area contributed by atoms with Crippen molar-refractivity contribution in [3.8, 4) is 0 Å². The molecule has 0 saturated heterocycles. The fraction of sp³-hybridized carbons (Fsp3) is 0.356. The van der Waals surface area contributed by atoms with Crippen LogP contribution in [0.1, 0.15) is 95.9 Å². The van der Waals surface area contributed by atoms with Gasteiger partial charge in [0.05, 0.1) is 11.1 Å². The van der Waals surface area contributed by atoms with E-state index in [0.717, 1.165) is 56.5 Å². The fourth-order valence-electron chi connectivity index (χ4n) is 7.99. The van der Waals surface area contributed by atoms with Gasteiger partial charge in [-0.2, -0.15) is 4.58 Å². The SMILES string of the molecule is CCCN1/C(=C/C=C2\CCCC(/C=C/C3=[N+](CCC)c4ccccc4C3(C)C)=C2N/C=C(\N)c2ccc(C)cc2)C(C)(C)c2ccccc21. The van der Waals surface area contributed by atoms with Crippen molar-refractivity contribution in [2.24, 2.45) is 5.73 Å². The molecule has 0 aromatic heterocycles. The molecule has 254 valence electrons. The average Bonchev–Trinajstić information content (AvgIpc) is 3.44. The lowest BCUT2D eigenvalue weighted by Crippen LogP contribution is -2.28. The minimum atomic E-state index is -0.0737. The summed E-state index contributed by atoms with van der Waals surface area (Å²) in [6.07, 6.45) is 16.8. The number of hydrogen-bond donors (Lipinski definition) is 2. The summed E-state index contributed by atoms with van der Waals surface area (Å²) in [6.45, 7) is 18.1. The summed E-state index contributed by atoms with van der Waals surface area (Å²) in [5.41, 5.74) is 21.5. The van der Waals surface area contributed by atoms with E-state index in [4.69, 9.17) is 5.73 Å². The Kier molecular flexibility index (Phi) is 9.88. The van der Waals surface area contributed by atoms with E-state index < -0.39 is 0 Å². The van der Waals surface area contributed by atoms with Gasteiger partial charge in [0.2, 0.25) is 5.69 Å². The maximum atomic E-state index is 6.68. The predicted octanol–water partition coefficient (Wildman–Crippen LogP) is 10.3. The van der Waals surface area contributed by atoms with Gasteiger partial charge >= 0.3 is 0 Å². The van der Waals surface area contributed by atoms with E-state index >= 15 is 0 Å². The summed E-state index contributed by atoms with van der Waals surface area (Å²) in [7, 11) is 0. The monoisotopic (exact) mass is 651 g/mol. The van der Waals surface area contributed by atoms with Crippen LogP contribution in [0.5, 0.6) is 0 Å². The number of benzene rings is 3. The van der Waals surface area contributed by atoms with Gasteiger partial charge in [-0.15, -0.1) is 0 Å². The van der Waals surface area contributed by atoms with Gasteiger partial charge in [0.1, 0.15) is 6.54 Å². The highest BCUT2D eigenvalue weighted by molar-refractivity contribution is 6.03. The van der Waals surface area contributed by atoms with Gasteiger partial charge < -0.3 is 16.0 Å². The van der Waals surface area contributed by atoms with Crippen LogP contribution >= 0.6 is 0 Å². The lowest BCUT2D eigenvalue weighted by molar-refractivity contribution is -0.437. The largest absolute Gasteiger partial charge is 0.397 e. The molecule has 0 amide bonds.